The Morgan fingerprint density at radius 2 is 1.90 bits per heavy atom. The fourth-order valence-corrected chi connectivity index (χ4v) is 3.69. The van der Waals surface area contributed by atoms with E-state index in [-0.39, 0.29) is 22.2 Å². The van der Waals surface area contributed by atoms with E-state index in [0.29, 0.717) is 37.2 Å². The van der Waals surface area contributed by atoms with Gasteiger partial charge in [0.05, 0.1) is 48.8 Å². The van der Waals surface area contributed by atoms with Crippen molar-refractivity contribution in [3.05, 3.63) is 63.0 Å². The highest BCUT2D eigenvalue weighted by Gasteiger charge is 2.21. The normalized spacial score (nSPS) is 15.5. The van der Waals surface area contributed by atoms with Crippen LogP contribution >= 0.6 is 11.6 Å². The molecule has 1 unspecified atom stereocenters. The van der Waals surface area contributed by atoms with Gasteiger partial charge in [-0.2, -0.15) is 0 Å². The van der Waals surface area contributed by atoms with Crippen LogP contribution in [-0.2, 0) is 4.74 Å². The van der Waals surface area contributed by atoms with Crippen molar-refractivity contribution in [1.29, 1.82) is 0 Å². The van der Waals surface area contributed by atoms with Crippen LogP contribution in [0.15, 0.2) is 35.3 Å². The van der Waals surface area contributed by atoms with E-state index in [1.54, 1.807) is 13.1 Å². The van der Waals surface area contributed by atoms with Crippen molar-refractivity contribution < 1.29 is 17.9 Å². The van der Waals surface area contributed by atoms with Crippen molar-refractivity contribution >= 4 is 28.3 Å². The number of halogens is 4. The molecule has 0 aliphatic carbocycles. The summed E-state index contributed by atoms with van der Waals surface area (Å²) in [6.07, 6.45) is -1.34. The van der Waals surface area contributed by atoms with Crippen molar-refractivity contribution in [2.24, 2.45) is 0 Å². The first-order valence-electron chi connectivity index (χ1n) is 9.61. The standard InChI is InChI=1S/C20H19ClF3N5O2/c1-11(12-3-2-4-13(17(12)22)18(23)24)25-19-14-10-29(28-5-7-31-8-6-28)16(30)9-15(14)26-20(21)27-19/h2-4,9-11,18H,5-8H2,1H3,(H,25,26,27). The first kappa shape index (κ1) is 21.4. The van der Waals surface area contributed by atoms with E-state index in [9.17, 15) is 18.0 Å². The molecule has 1 aliphatic heterocycles. The lowest BCUT2D eigenvalue weighted by Crippen LogP contribution is -2.48. The fourth-order valence-electron chi connectivity index (χ4n) is 3.52. The monoisotopic (exact) mass is 453 g/mol. The number of rotatable bonds is 5. The number of aromatic nitrogens is 3. The Kier molecular flexibility index (Phi) is 6.01. The van der Waals surface area contributed by atoms with Gasteiger partial charge in [0.15, 0.2) is 0 Å². The van der Waals surface area contributed by atoms with Crippen molar-refractivity contribution in [3.8, 4) is 0 Å². The number of morpholine rings is 1. The summed E-state index contributed by atoms with van der Waals surface area (Å²) in [5.41, 5.74) is -0.593. The Hall–Kier alpha value is -2.85. The number of benzene rings is 1. The molecule has 164 valence electrons. The SMILES string of the molecule is CC(Nc1nc(Cl)nc2cc(=O)n(N3CCOCC3)cc12)c1cccc(C(F)F)c1F. The van der Waals surface area contributed by atoms with Crippen LogP contribution in [0, 0.1) is 5.82 Å². The second-order valence-electron chi connectivity index (χ2n) is 7.08. The average Bonchev–Trinajstić information content (AvgIpc) is 2.73. The number of nitrogens with one attached hydrogen (secondary N) is 1. The molecule has 31 heavy (non-hydrogen) atoms. The lowest BCUT2D eigenvalue weighted by molar-refractivity contribution is 0.111. The summed E-state index contributed by atoms with van der Waals surface area (Å²) in [7, 11) is 0. The Morgan fingerprint density at radius 1 is 1.19 bits per heavy atom. The zero-order chi connectivity index (χ0) is 22.1. The zero-order valence-electron chi connectivity index (χ0n) is 16.5. The summed E-state index contributed by atoms with van der Waals surface area (Å²) in [5, 5.41) is 5.23. The molecule has 0 spiro atoms. The molecule has 0 saturated carbocycles. The predicted octanol–water partition coefficient (Wildman–Crippen LogP) is 3.66. The Balaban J connectivity index is 1.75. The molecule has 4 rings (SSSR count). The maximum Gasteiger partial charge on any atom is 0.271 e. The number of hydrogen-bond acceptors (Lipinski definition) is 6. The lowest BCUT2D eigenvalue weighted by atomic mass is 10.0. The molecule has 1 aromatic carbocycles. The molecule has 3 aromatic rings. The van der Waals surface area contributed by atoms with Crippen LogP contribution in [0.5, 0.6) is 0 Å². The van der Waals surface area contributed by atoms with Gasteiger partial charge in [0.25, 0.3) is 12.0 Å². The van der Waals surface area contributed by atoms with Gasteiger partial charge in [-0.1, -0.05) is 18.2 Å². The molecular formula is C20H19ClF3N5O2. The summed E-state index contributed by atoms with van der Waals surface area (Å²) in [6.45, 7) is 3.66. The highest BCUT2D eigenvalue weighted by Crippen LogP contribution is 2.30. The first-order valence-corrected chi connectivity index (χ1v) is 9.99. The lowest BCUT2D eigenvalue weighted by Gasteiger charge is -2.30. The fraction of sp³-hybridized carbons (Fsp3) is 0.350. The minimum atomic E-state index is -2.93. The second kappa shape index (κ2) is 8.72. The van der Waals surface area contributed by atoms with E-state index >= 15 is 0 Å². The van der Waals surface area contributed by atoms with Crippen LogP contribution in [0.4, 0.5) is 19.0 Å². The molecule has 1 N–H and O–H groups in total. The van der Waals surface area contributed by atoms with Gasteiger partial charge >= 0.3 is 0 Å². The number of fused-ring (bicyclic) bond motifs is 1. The van der Waals surface area contributed by atoms with Gasteiger partial charge in [-0.25, -0.2) is 27.8 Å². The van der Waals surface area contributed by atoms with Crippen LogP contribution in [0.1, 0.15) is 30.5 Å². The molecule has 0 amide bonds. The summed E-state index contributed by atoms with van der Waals surface area (Å²) in [5.74, 6) is -0.724. The number of pyridine rings is 1. The Labute approximate surface area is 180 Å². The van der Waals surface area contributed by atoms with E-state index in [0.717, 1.165) is 6.07 Å². The van der Waals surface area contributed by atoms with Crippen molar-refractivity contribution in [2.45, 2.75) is 19.4 Å². The van der Waals surface area contributed by atoms with Crippen LogP contribution < -0.4 is 15.9 Å². The molecule has 0 radical (unpaired) electrons. The van der Waals surface area contributed by atoms with E-state index in [1.165, 1.54) is 22.9 Å². The predicted molar refractivity (Wildman–Crippen MR) is 111 cm³/mol. The van der Waals surface area contributed by atoms with Gasteiger partial charge < -0.3 is 15.1 Å². The largest absolute Gasteiger partial charge is 0.378 e. The maximum absolute atomic E-state index is 14.6. The Morgan fingerprint density at radius 3 is 2.61 bits per heavy atom. The Bertz CT molecular complexity index is 1170. The van der Waals surface area contributed by atoms with E-state index in [2.05, 4.69) is 15.3 Å². The number of alkyl halides is 2. The molecule has 3 heterocycles. The number of hydrogen-bond donors (Lipinski definition) is 1. The number of anilines is 1. The third kappa shape index (κ3) is 4.31. The quantitative estimate of drug-likeness (QED) is 0.594. The minimum Gasteiger partial charge on any atom is -0.378 e. The number of nitrogens with zero attached hydrogens (tertiary/aromatic N) is 4. The maximum atomic E-state index is 14.6. The highest BCUT2D eigenvalue weighted by atomic mass is 35.5. The molecular weight excluding hydrogens is 435 g/mol. The topological polar surface area (TPSA) is 72.3 Å². The van der Waals surface area contributed by atoms with Crippen LogP contribution in [0.2, 0.25) is 5.28 Å². The van der Waals surface area contributed by atoms with Crippen molar-refractivity contribution in [2.75, 3.05) is 36.6 Å². The molecule has 11 heteroatoms. The van der Waals surface area contributed by atoms with Crippen LogP contribution in [0.25, 0.3) is 10.9 Å². The zero-order valence-corrected chi connectivity index (χ0v) is 17.2. The van der Waals surface area contributed by atoms with Gasteiger partial charge in [-0.05, 0) is 18.5 Å². The molecule has 7 nitrogen and oxygen atoms in total. The molecule has 1 saturated heterocycles. The molecule has 1 atom stereocenters. The molecule has 0 bridgehead atoms. The van der Waals surface area contributed by atoms with Gasteiger partial charge in [0, 0.05) is 17.8 Å². The van der Waals surface area contributed by atoms with Gasteiger partial charge in [0.2, 0.25) is 5.28 Å². The molecule has 1 fully saturated rings. The molecule has 2 aromatic heterocycles. The van der Waals surface area contributed by atoms with Crippen LogP contribution in [0.3, 0.4) is 0 Å². The summed E-state index contributed by atoms with van der Waals surface area (Å²) < 4.78 is 47.5. The second-order valence-corrected chi connectivity index (χ2v) is 7.42. The summed E-state index contributed by atoms with van der Waals surface area (Å²) in [4.78, 5) is 20.9. The van der Waals surface area contributed by atoms with Crippen molar-refractivity contribution in [1.82, 2.24) is 14.6 Å². The van der Waals surface area contributed by atoms with Gasteiger partial charge in [-0.3, -0.25) is 4.79 Å². The van der Waals surface area contributed by atoms with E-state index < -0.39 is 23.8 Å². The highest BCUT2D eigenvalue weighted by molar-refractivity contribution is 6.28. The number of ether oxygens (including phenoxy) is 1. The summed E-state index contributed by atoms with van der Waals surface area (Å²) >= 11 is 6.02. The summed E-state index contributed by atoms with van der Waals surface area (Å²) in [6, 6.07) is 4.48. The molecule has 1 aliphatic rings. The first-order chi connectivity index (χ1) is 14.8. The van der Waals surface area contributed by atoms with Gasteiger partial charge in [0.1, 0.15) is 11.6 Å². The minimum absolute atomic E-state index is 0.0576. The van der Waals surface area contributed by atoms with Crippen LogP contribution in [-0.4, -0.2) is 40.9 Å². The van der Waals surface area contributed by atoms with E-state index in [1.807, 2.05) is 5.01 Å². The van der Waals surface area contributed by atoms with Crippen molar-refractivity contribution in [3.63, 3.8) is 0 Å². The third-order valence-electron chi connectivity index (χ3n) is 5.09. The average molecular weight is 454 g/mol. The van der Waals surface area contributed by atoms with Gasteiger partial charge in [-0.15, -0.1) is 0 Å². The van der Waals surface area contributed by atoms with E-state index in [4.69, 9.17) is 16.3 Å². The smallest absolute Gasteiger partial charge is 0.271 e. The third-order valence-corrected chi connectivity index (χ3v) is 5.26.